The minimum Gasteiger partial charge on any atom is -0.462 e. The number of benzene rings is 1. The number of carbonyl (C=O) groups is 3. The highest BCUT2D eigenvalue weighted by atomic mass is 32.1. The number of esters is 1. The Kier molecular flexibility index (Phi) is 5.64. The van der Waals surface area contributed by atoms with Crippen LogP contribution in [0.3, 0.4) is 0 Å². The number of rotatable bonds is 5. The lowest BCUT2D eigenvalue weighted by atomic mass is 10.0. The van der Waals surface area contributed by atoms with Gasteiger partial charge in [0.25, 0.3) is 0 Å². The molecule has 0 atom stereocenters. The van der Waals surface area contributed by atoms with Crippen LogP contribution in [0.1, 0.15) is 34.6 Å². The van der Waals surface area contributed by atoms with Crippen molar-refractivity contribution in [3.63, 3.8) is 0 Å². The van der Waals surface area contributed by atoms with Crippen LogP contribution in [-0.4, -0.2) is 40.4 Å². The summed E-state index contributed by atoms with van der Waals surface area (Å²) >= 11 is 1.25. The monoisotopic (exact) mass is 443 g/mol. The molecule has 0 unspecified atom stereocenters. The van der Waals surface area contributed by atoms with Crippen molar-refractivity contribution in [2.45, 2.75) is 33.4 Å². The molecule has 0 spiro atoms. The highest BCUT2D eigenvalue weighted by Gasteiger charge is 2.30. The van der Waals surface area contributed by atoms with Crippen LogP contribution in [0.5, 0.6) is 0 Å². The molecule has 0 saturated heterocycles. The molecule has 0 fully saturated rings. The molecule has 0 radical (unpaired) electrons. The van der Waals surface area contributed by atoms with Gasteiger partial charge in [0.05, 0.1) is 24.2 Å². The fraction of sp³-hybridized carbons (Fsp3) is 0.333. The molecule has 1 aromatic carbocycles. The van der Waals surface area contributed by atoms with Gasteiger partial charge in [-0.25, -0.2) is 9.59 Å². The Hall–Kier alpha value is -3.40. The van der Waals surface area contributed by atoms with E-state index < -0.39 is 17.6 Å². The zero-order valence-corrected chi connectivity index (χ0v) is 17.9. The predicted octanol–water partition coefficient (Wildman–Crippen LogP) is 2.38. The number of fused-ring (bicyclic) bond motifs is 2. The molecule has 1 N–H and O–H groups in total. The molecule has 10 heteroatoms. The van der Waals surface area contributed by atoms with Crippen LogP contribution in [-0.2, 0) is 33.8 Å². The Morgan fingerprint density at radius 1 is 1.26 bits per heavy atom. The largest absolute Gasteiger partial charge is 0.462 e. The SMILES string of the molecule is CCOC(=O)c1c(NC(=O)Cn2c(=O)oc3ccccc32)sc2c1CCN(C(C)=O)C2. The minimum absolute atomic E-state index is 0.0477. The van der Waals surface area contributed by atoms with E-state index in [-0.39, 0.29) is 19.1 Å². The fourth-order valence-electron chi connectivity index (χ4n) is 3.65. The predicted molar refractivity (Wildman–Crippen MR) is 114 cm³/mol. The summed E-state index contributed by atoms with van der Waals surface area (Å²) in [6.07, 6.45) is 0.501. The van der Waals surface area contributed by atoms with E-state index in [2.05, 4.69) is 5.32 Å². The number of para-hydroxylation sites is 2. The van der Waals surface area contributed by atoms with E-state index in [4.69, 9.17) is 9.15 Å². The van der Waals surface area contributed by atoms with Crippen LogP contribution in [0, 0.1) is 0 Å². The molecule has 0 saturated carbocycles. The molecular formula is C21H21N3O6S. The average Bonchev–Trinajstić information content (AvgIpc) is 3.24. The van der Waals surface area contributed by atoms with Crippen molar-refractivity contribution in [3.8, 4) is 0 Å². The summed E-state index contributed by atoms with van der Waals surface area (Å²) in [4.78, 5) is 51.8. The van der Waals surface area contributed by atoms with Crippen molar-refractivity contribution in [1.29, 1.82) is 0 Å². The number of oxazole rings is 1. The van der Waals surface area contributed by atoms with Crippen LogP contribution in [0.25, 0.3) is 11.1 Å². The summed E-state index contributed by atoms with van der Waals surface area (Å²) in [6.45, 7) is 4.02. The molecule has 1 aliphatic rings. The maximum atomic E-state index is 12.8. The van der Waals surface area contributed by atoms with Crippen molar-refractivity contribution in [3.05, 3.63) is 50.8 Å². The summed E-state index contributed by atoms with van der Waals surface area (Å²) in [5, 5.41) is 3.12. The second kappa shape index (κ2) is 8.38. The van der Waals surface area contributed by atoms with Gasteiger partial charge in [-0.15, -0.1) is 11.3 Å². The van der Waals surface area contributed by atoms with Crippen molar-refractivity contribution < 1.29 is 23.5 Å². The van der Waals surface area contributed by atoms with Gasteiger partial charge in [-0.1, -0.05) is 12.1 Å². The molecule has 162 valence electrons. The van der Waals surface area contributed by atoms with Gasteiger partial charge in [0, 0.05) is 18.3 Å². The summed E-state index contributed by atoms with van der Waals surface area (Å²) in [5.41, 5.74) is 2.02. The number of anilines is 1. The molecule has 4 rings (SSSR count). The molecule has 0 aliphatic carbocycles. The number of carbonyl (C=O) groups excluding carboxylic acids is 3. The number of ether oxygens (including phenoxy) is 1. The second-order valence-corrected chi connectivity index (χ2v) is 8.19. The van der Waals surface area contributed by atoms with Gasteiger partial charge >= 0.3 is 11.7 Å². The lowest BCUT2D eigenvalue weighted by molar-refractivity contribution is -0.129. The maximum absolute atomic E-state index is 12.8. The molecule has 31 heavy (non-hydrogen) atoms. The van der Waals surface area contributed by atoms with Gasteiger partial charge in [-0.2, -0.15) is 0 Å². The zero-order chi connectivity index (χ0) is 22.1. The zero-order valence-electron chi connectivity index (χ0n) is 17.1. The Labute approximate surface area is 181 Å². The molecule has 3 aromatic rings. The third-order valence-corrected chi connectivity index (χ3v) is 6.24. The summed E-state index contributed by atoms with van der Waals surface area (Å²) in [6, 6.07) is 6.83. The van der Waals surface area contributed by atoms with Crippen LogP contribution >= 0.6 is 11.3 Å². The summed E-state index contributed by atoms with van der Waals surface area (Å²) in [5.74, 6) is -1.67. The number of hydrogen-bond donors (Lipinski definition) is 1. The first-order valence-corrected chi connectivity index (χ1v) is 10.7. The summed E-state index contributed by atoms with van der Waals surface area (Å²) < 4.78 is 11.6. The molecule has 0 bridgehead atoms. The van der Waals surface area contributed by atoms with Gasteiger partial charge in [-0.05, 0) is 31.0 Å². The number of amides is 2. The number of aromatic nitrogens is 1. The van der Waals surface area contributed by atoms with E-state index in [1.165, 1.54) is 22.8 Å². The quantitative estimate of drug-likeness (QED) is 0.606. The van der Waals surface area contributed by atoms with Crippen LogP contribution in [0.4, 0.5) is 5.00 Å². The number of hydrogen-bond acceptors (Lipinski definition) is 7. The molecule has 1 aliphatic heterocycles. The topological polar surface area (TPSA) is 111 Å². The first-order chi connectivity index (χ1) is 14.9. The maximum Gasteiger partial charge on any atom is 0.420 e. The first-order valence-electron chi connectivity index (χ1n) is 9.84. The molecule has 2 aromatic heterocycles. The molecule has 3 heterocycles. The molecule has 2 amide bonds. The smallest absolute Gasteiger partial charge is 0.420 e. The van der Waals surface area contributed by atoms with E-state index >= 15 is 0 Å². The van der Waals surface area contributed by atoms with Crippen molar-refractivity contribution in [1.82, 2.24) is 9.47 Å². The van der Waals surface area contributed by atoms with Crippen molar-refractivity contribution >= 4 is 45.2 Å². The highest BCUT2D eigenvalue weighted by molar-refractivity contribution is 7.17. The van der Waals surface area contributed by atoms with Crippen LogP contribution in [0.2, 0.25) is 0 Å². The van der Waals surface area contributed by atoms with Gasteiger partial charge in [0.1, 0.15) is 11.5 Å². The van der Waals surface area contributed by atoms with Crippen LogP contribution < -0.4 is 11.1 Å². The van der Waals surface area contributed by atoms with Gasteiger partial charge in [-0.3, -0.25) is 14.2 Å². The Morgan fingerprint density at radius 2 is 2.03 bits per heavy atom. The van der Waals surface area contributed by atoms with E-state index in [0.717, 1.165) is 10.4 Å². The summed E-state index contributed by atoms with van der Waals surface area (Å²) in [7, 11) is 0. The minimum atomic E-state index is -0.635. The first kappa shape index (κ1) is 20.9. The fourth-order valence-corrected chi connectivity index (χ4v) is 4.92. The second-order valence-electron chi connectivity index (χ2n) is 7.09. The van der Waals surface area contributed by atoms with E-state index in [0.29, 0.717) is 41.2 Å². The number of thiophene rings is 1. The lowest BCUT2D eigenvalue weighted by Gasteiger charge is -2.25. The normalized spacial score (nSPS) is 13.2. The molecular weight excluding hydrogens is 422 g/mol. The highest BCUT2D eigenvalue weighted by Crippen LogP contribution is 2.37. The Bertz CT molecular complexity index is 1240. The van der Waals surface area contributed by atoms with E-state index in [1.807, 2.05) is 0 Å². The van der Waals surface area contributed by atoms with Gasteiger partial charge < -0.3 is 19.4 Å². The number of nitrogens with zero attached hydrogens (tertiary/aromatic N) is 2. The number of nitrogens with one attached hydrogen (secondary N) is 1. The van der Waals surface area contributed by atoms with Crippen LogP contribution in [0.15, 0.2) is 33.5 Å². The van der Waals surface area contributed by atoms with Gasteiger partial charge in [0.2, 0.25) is 11.8 Å². The van der Waals surface area contributed by atoms with Gasteiger partial charge in [0.15, 0.2) is 5.58 Å². The Morgan fingerprint density at radius 3 is 2.77 bits per heavy atom. The van der Waals surface area contributed by atoms with E-state index in [1.54, 1.807) is 36.1 Å². The molecule has 9 nitrogen and oxygen atoms in total. The third kappa shape index (κ3) is 3.98. The van der Waals surface area contributed by atoms with E-state index in [9.17, 15) is 19.2 Å². The average molecular weight is 443 g/mol. The van der Waals surface area contributed by atoms with Crippen molar-refractivity contribution in [2.75, 3.05) is 18.5 Å². The van der Waals surface area contributed by atoms with Crippen molar-refractivity contribution in [2.24, 2.45) is 0 Å². The Balaban J connectivity index is 1.63. The standard InChI is InChI=1S/C21H21N3O6S/c1-3-29-20(27)18-13-8-9-23(12(2)25)10-16(13)31-19(18)22-17(26)11-24-14-6-4-5-7-15(14)30-21(24)28/h4-7H,3,8-11H2,1-2H3,(H,22,26). The lowest BCUT2D eigenvalue weighted by Crippen LogP contribution is -2.34. The third-order valence-electron chi connectivity index (χ3n) is 5.11.